The van der Waals surface area contributed by atoms with Gasteiger partial charge in [-0.05, 0) is 11.6 Å². The molecule has 0 aliphatic heterocycles. The SMILES string of the molecule is CCc1nc2ccc(CN)cn2n1. The molecule has 2 aromatic rings. The lowest BCUT2D eigenvalue weighted by molar-refractivity contribution is 0.873. The summed E-state index contributed by atoms with van der Waals surface area (Å²) in [5.41, 5.74) is 7.47. The van der Waals surface area contributed by atoms with Gasteiger partial charge in [0.15, 0.2) is 11.5 Å². The molecule has 0 amide bonds. The first-order valence-corrected chi connectivity index (χ1v) is 4.37. The monoisotopic (exact) mass is 176 g/mol. The van der Waals surface area contributed by atoms with Crippen LogP contribution in [0.3, 0.4) is 0 Å². The number of hydrogen-bond acceptors (Lipinski definition) is 3. The first-order valence-electron chi connectivity index (χ1n) is 4.37. The van der Waals surface area contributed by atoms with E-state index in [2.05, 4.69) is 10.1 Å². The molecule has 0 unspecified atom stereocenters. The molecule has 2 rings (SSSR count). The number of aromatic nitrogens is 3. The summed E-state index contributed by atoms with van der Waals surface area (Å²) in [5.74, 6) is 0.870. The smallest absolute Gasteiger partial charge is 0.155 e. The Labute approximate surface area is 76.4 Å². The zero-order valence-corrected chi connectivity index (χ0v) is 7.57. The molecular weight excluding hydrogens is 164 g/mol. The molecule has 0 bridgehead atoms. The summed E-state index contributed by atoms with van der Waals surface area (Å²) in [4.78, 5) is 4.32. The molecule has 0 fully saturated rings. The fraction of sp³-hybridized carbons (Fsp3) is 0.333. The van der Waals surface area contributed by atoms with E-state index in [0.717, 1.165) is 23.5 Å². The maximum absolute atomic E-state index is 5.52. The predicted molar refractivity (Wildman–Crippen MR) is 50.3 cm³/mol. The van der Waals surface area contributed by atoms with Gasteiger partial charge < -0.3 is 5.73 Å². The minimum Gasteiger partial charge on any atom is -0.326 e. The minimum atomic E-state index is 0.539. The van der Waals surface area contributed by atoms with E-state index in [-0.39, 0.29) is 0 Å². The highest BCUT2D eigenvalue weighted by atomic mass is 15.3. The summed E-state index contributed by atoms with van der Waals surface area (Å²) >= 11 is 0. The molecule has 0 aromatic carbocycles. The van der Waals surface area contributed by atoms with Crippen LogP contribution in [-0.2, 0) is 13.0 Å². The Morgan fingerprint density at radius 1 is 1.46 bits per heavy atom. The van der Waals surface area contributed by atoms with Gasteiger partial charge in [-0.15, -0.1) is 0 Å². The Kier molecular flexibility index (Phi) is 1.98. The van der Waals surface area contributed by atoms with Crippen LogP contribution in [0.1, 0.15) is 18.3 Å². The molecule has 4 nitrogen and oxygen atoms in total. The minimum absolute atomic E-state index is 0.539. The number of rotatable bonds is 2. The van der Waals surface area contributed by atoms with Crippen molar-refractivity contribution in [2.75, 3.05) is 0 Å². The highest BCUT2D eigenvalue weighted by molar-refractivity contribution is 5.38. The number of aryl methyl sites for hydroxylation is 1. The third-order valence-electron chi connectivity index (χ3n) is 1.99. The van der Waals surface area contributed by atoms with Crippen LogP contribution in [0, 0.1) is 0 Å². The highest BCUT2D eigenvalue weighted by Crippen LogP contribution is 2.04. The third kappa shape index (κ3) is 1.40. The second kappa shape index (κ2) is 3.14. The van der Waals surface area contributed by atoms with Crippen molar-refractivity contribution in [3.8, 4) is 0 Å². The van der Waals surface area contributed by atoms with Crippen LogP contribution in [0.5, 0.6) is 0 Å². The maximum atomic E-state index is 5.52. The topological polar surface area (TPSA) is 56.2 Å². The molecule has 0 aliphatic rings. The van der Waals surface area contributed by atoms with Gasteiger partial charge in [-0.1, -0.05) is 13.0 Å². The average Bonchev–Trinajstić information content (AvgIpc) is 2.58. The summed E-state index contributed by atoms with van der Waals surface area (Å²) in [6.07, 6.45) is 2.78. The summed E-state index contributed by atoms with van der Waals surface area (Å²) in [7, 11) is 0. The van der Waals surface area contributed by atoms with Crippen LogP contribution in [0.15, 0.2) is 18.3 Å². The van der Waals surface area contributed by atoms with E-state index in [4.69, 9.17) is 5.73 Å². The van der Waals surface area contributed by atoms with Crippen molar-refractivity contribution in [3.05, 3.63) is 29.7 Å². The number of nitrogens with zero attached hydrogens (tertiary/aromatic N) is 3. The summed E-state index contributed by atoms with van der Waals surface area (Å²) in [5, 5.41) is 4.29. The van der Waals surface area contributed by atoms with Gasteiger partial charge in [0.2, 0.25) is 0 Å². The number of hydrogen-bond donors (Lipinski definition) is 1. The van der Waals surface area contributed by atoms with Crippen LogP contribution >= 0.6 is 0 Å². The highest BCUT2D eigenvalue weighted by Gasteiger charge is 2.00. The van der Waals surface area contributed by atoms with Crippen molar-refractivity contribution in [1.82, 2.24) is 14.6 Å². The van der Waals surface area contributed by atoms with E-state index in [1.165, 1.54) is 0 Å². The number of nitrogens with two attached hydrogens (primary N) is 1. The van der Waals surface area contributed by atoms with Gasteiger partial charge in [0.1, 0.15) is 0 Å². The van der Waals surface area contributed by atoms with Crippen molar-refractivity contribution in [3.63, 3.8) is 0 Å². The van der Waals surface area contributed by atoms with Gasteiger partial charge in [0.05, 0.1) is 0 Å². The van der Waals surface area contributed by atoms with Crippen molar-refractivity contribution in [2.45, 2.75) is 19.9 Å². The van der Waals surface area contributed by atoms with Crippen LogP contribution < -0.4 is 5.73 Å². The van der Waals surface area contributed by atoms with Gasteiger partial charge in [0.25, 0.3) is 0 Å². The number of fused-ring (bicyclic) bond motifs is 1. The fourth-order valence-corrected chi connectivity index (χ4v) is 1.24. The molecule has 4 heteroatoms. The zero-order chi connectivity index (χ0) is 9.26. The van der Waals surface area contributed by atoms with Gasteiger partial charge in [-0.25, -0.2) is 9.50 Å². The molecule has 0 saturated carbocycles. The molecule has 68 valence electrons. The first-order chi connectivity index (χ1) is 6.33. The second-order valence-electron chi connectivity index (χ2n) is 2.93. The van der Waals surface area contributed by atoms with E-state index >= 15 is 0 Å². The van der Waals surface area contributed by atoms with E-state index in [1.54, 1.807) is 4.52 Å². The van der Waals surface area contributed by atoms with E-state index in [0.29, 0.717) is 6.54 Å². The van der Waals surface area contributed by atoms with Crippen LogP contribution in [-0.4, -0.2) is 14.6 Å². The van der Waals surface area contributed by atoms with Crippen molar-refractivity contribution in [2.24, 2.45) is 5.73 Å². The molecule has 0 spiro atoms. The summed E-state index contributed by atoms with van der Waals surface area (Å²) in [6.45, 7) is 2.58. The van der Waals surface area contributed by atoms with Gasteiger partial charge in [0, 0.05) is 19.2 Å². The van der Waals surface area contributed by atoms with Gasteiger partial charge in [-0.3, -0.25) is 0 Å². The Balaban J connectivity index is 2.57. The van der Waals surface area contributed by atoms with Crippen LogP contribution in [0.2, 0.25) is 0 Å². The van der Waals surface area contributed by atoms with Crippen molar-refractivity contribution >= 4 is 5.65 Å². The van der Waals surface area contributed by atoms with E-state index in [1.807, 2.05) is 25.3 Å². The molecule has 0 saturated heterocycles. The van der Waals surface area contributed by atoms with Crippen molar-refractivity contribution < 1.29 is 0 Å². The lowest BCUT2D eigenvalue weighted by Crippen LogP contribution is -1.98. The first kappa shape index (κ1) is 8.19. The normalized spacial score (nSPS) is 10.9. The van der Waals surface area contributed by atoms with Gasteiger partial charge >= 0.3 is 0 Å². The quantitative estimate of drug-likeness (QED) is 0.734. The lowest BCUT2D eigenvalue weighted by Gasteiger charge is -1.95. The number of pyridine rings is 1. The van der Waals surface area contributed by atoms with E-state index < -0.39 is 0 Å². The average molecular weight is 176 g/mol. The fourth-order valence-electron chi connectivity index (χ4n) is 1.24. The van der Waals surface area contributed by atoms with Crippen molar-refractivity contribution in [1.29, 1.82) is 0 Å². The summed E-state index contributed by atoms with van der Waals surface area (Å²) < 4.78 is 1.78. The van der Waals surface area contributed by atoms with Gasteiger partial charge in [-0.2, -0.15) is 5.10 Å². The van der Waals surface area contributed by atoms with Crippen LogP contribution in [0.4, 0.5) is 0 Å². The third-order valence-corrected chi connectivity index (χ3v) is 1.99. The summed E-state index contributed by atoms with van der Waals surface area (Å²) in [6, 6.07) is 3.91. The maximum Gasteiger partial charge on any atom is 0.155 e. The Morgan fingerprint density at radius 3 is 3.00 bits per heavy atom. The Bertz CT molecular complexity index is 416. The molecular formula is C9H12N4. The zero-order valence-electron chi connectivity index (χ0n) is 7.57. The Hall–Kier alpha value is -1.42. The molecule has 2 heterocycles. The lowest BCUT2D eigenvalue weighted by atomic mass is 10.3. The Morgan fingerprint density at radius 2 is 2.31 bits per heavy atom. The molecule has 2 aromatic heterocycles. The standard InChI is InChI=1S/C9H12N4/c1-2-8-11-9-4-3-7(5-10)6-13(9)12-8/h3-4,6H,2,5,10H2,1H3. The van der Waals surface area contributed by atoms with Crippen LogP contribution in [0.25, 0.3) is 5.65 Å². The molecule has 2 N–H and O–H groups in total. The predicted octanol–water partition coefficient (Wildman–Crippen LogP) is 0.750. The van der Waals surface area contributed by atoms with E-state index in [9.17, 15) is 0 Å². The largest absolute Gasteiger partial charge is 0.326 e. The second-order valence-corrected chi connectivity index (χ2v) is 2.93. The molecule has 0 radical (unpaired) electrons. The molecule has 13 heavy (non-hydrogen) atoms. The molecule has 0 aliphatic carbocycles. The molecule has 0 atom stereocenters.